The second-order valence-electron chi connectivity index (χ2n) is 7.44. The van der Waals surface area contributed by atoms with E-state index < -0.39 is 52.9 Å². The van der Waals surface area contributed by atoms with Crippen LogP contribution in [-0.2, 0) is 19.0 Å². The van der Waals surface area contributed by atoms with Crippen molar-refractivity contribution in [2.24, 2.45) is 0 Å². The Kier molecular flexibility index (Phi) is 7.32. The molecule has 2 aromatic rings. The summed E-state index contributed by atoms with van der Waals surface area (Å²) in [6.07, 6.45) is -6.29. The third-order valence-electron chi connectivity index (χ3n) is 5.02. The summed E-state index contributed by atoms with van der Waals surface area (Å²) < 4.78 is 42.2. The molecule has 1 aliphatic heterocycles. The lowest BCUT2D eigenvalue weighted by Crippen LogP contribution is -2.57. The minimum Gasteiger partial charge on any atom is -0.465 e. The van der Waals surface area contributed by atoms with Crippen LogP contribution in [0.25, 0.3) is 0 Å². The number of aryl methyl sites for hydroxylation is 2. The zero-order valence-electron chi connectivity index (χ0n) is 17.8. The van der Waals surface area contributed by atoms with Crippen molar-refractivity contribution in [3.8, 4) is 6.01 Å². The number of hydrogen-bond donors (Lipinski definition) is 3. The van der Waals surface area contributed by atoms with Crippen molar-refractivity contribution in [1.82, 2.24) is 9.55 Å². The van der Waals surface area contributed by atoms with Crippen molar-refractivity contribution < 1.29 is 37.4 Å². The summed E-state index contributed by atoms with van der Waals surface area (Å²) in [6, 6.07) is 5.82. The molecule has 5 atom stereocenters. The van der Waals surface area contributed by atoms with E-state index in [0.717, 1.165) is 5.56 Å². The van der Waals surface area contributed by atoms with Gasteiger partial charge in [0.2, 0.25) is 0 Å². The van der Waals surface area contributed by atoms with Gasteiger partial charge < -0.3 is 24.8 Å². The second-order valence-corrected chi connectivity index (χ2v) is 9.06. The first kappa shape index (κ1) is 24.3. The Labute approximate surface area is 185 Å². The van der Waals surface area contributed by atoms with Crippen LogP contribution in [-0.4, -0.2) is 70.9 Å². The fourth-order valence-corrected chi connectivity index (χ4v) is 4.12. The molecule has 3 rings (SSSR count). The third-order valence-corrected chi connectivity index (χ3v) is 6.32. The van der Waals surface area contributed by atoms with Crippen molar-refractivity contribution in [1.29, 1.82) is 0 Å². The molecule has 1 aliphatic rings. The molecular formula is C20H26N2O9S. The van der Waals surface area contributed by atoms with Gasteiger partial charge in [-0.1, -0.05) is 17.7 Å². The summed E-state index contributed by atoms with van der Waals surface area (Å²) in [5.41, 5.74) is 0.546. The molecule has 0 bridgehead atoms. The van der Waals surface area contributed by atoms with Crippen molar-refractivity contribution in [2.75, 3.05) is 13.2 Å². The van der Waals surface area contributed by atoms with Crippen LogP contribution in [0.5, 0.6) is 6.01 Å². The van der Waals surface area contributed by atoms with E-state index in [9.17, 15) is 28.5 Å². The molecule has 32 heavy (non-hydrogen) atoms. The van der Waals surface area contributed by atoms with Crippen LogP contribution in [0.4, 0.5) is 0 Å². The van der Waals surface area contributed by atoms with E-state index in [-0.39, 0.29) is 23.1 Å². The number of ether oxygens (including phenoxy) is 2. The molecule has 12 heteroatoms. The van der Waals surface area contributed by atoms with Gasteiger partial charge in [0.05, 0.1) is 18.1 Å². The molecule has 3 N–H and O–H groups in total. The fraction of sp³-hybridized carbons (Fsp3) is 0.500. The summed E-state index contributed by atoms with van der Waals surface area (Å²) in [6.45, 7) is 4.50. The fourth-order valence-electron chi connectivity index (χ4n) is 3.20. The highest BCUT2D eigenvalue weighted by atomic mass is 32.2. The smallest absolute Gasteiger partial charge is 0.301 e. The number of aromatic nitrogens is 2. The van der Waals surface area contributed by atoms with E-state index in [1.165, 1.54) is 29.8 Å². The van der Waals surface area contributed by atoms with E-state index in [0.29, 0.717) is 0 Å². The van der Waals surface area contributed by atoms with Gasteiger partial charge in [-0.3, -0.25) is 13.5 Å². The van der Waals surface area contributed by atoms with Gasteiger partial charge in [0.1, 0.15) is 24.4 Å². The van der Waals surface area contributed by atoms with Crippen LogP contribution in [0.1, 0.15) is 24.3 Å². The van der Waals surface area contributed by atoms with E-state index in [1.807, 2.05) is 0 Å². The third kappa shape index (κ3) is 5.00. The van der Waals surface area contributed by atoms with Gasteiger partial charge in [0.15, 0.2) is 6.23 Å². The molecule has 0 radical (unpaired) electrons. The molecule has 0 saturated carbocycles. The number of benzene rings is 1. The van der Waals surface area contributed by atoms with Gasteiger partial charge in [0.25, 0.3) is 15.7 Å². The SMILES string of the molecule is CCOc1nc(=O)c(C)cn1[C@@H]1O[C@H](COS(=O)(=O)c2ccc(C)cc2)[C@@H](O)[C@H](O)[C@H]1O. The van der Waals surface area contributed by atoms with Crippen LogP contribution in [0.2, 0.25) is 0 Å². The lowest BCUT2D eigenvalue weighted by Gasteiger charge is -2.41. The van der Waals surface area contributed by atoms with Gasteiger partial charge in [0, 0.05) is 11.8 Å². The standard InChI is InChI=1S/C20H26N2O9S/c1-4-29-20-21-18(26)12(3)9-22(20)19-17(25)16(24)15(23)14(31-19)10-30-32(27,28)13-7-5-11(2)6-8-13/h5-9,14-17,19,23-25H,4,10H2,1-3H3/t14-,15-,16+,17-,19-/m1/s1. The van der Waals surface area contributed by atoms with Crippen LogP contribution >= 0.6 is 0 Å². The Morgan fingerprint density at radius 3 is 2.38 bits per heavy atom. The van der Waals surface area contributed by atoms with Crippen LogP contribution in [0.15, 0.2) is 40.2 Å². The van der Waals surface area contributed by atoms with Gasteiger partial charge in [-0.15, -0.1) is 0 Å². The van der Waals surface area contributed by atoms with Crippen LogP contribution < -0.4 is 10.3 Å². The Hall–Kier alpha value is -2.35. The predicted octanol–water partition coefficient (Wildman–Crippen LogP) is -0.356. The quantitative estimate of drug-likeness (QED) is 0.457. The zero-order valence-corrected chi connectivity index (χ0v) is 18.6. The topological polar surface area (TPSA) is 157 Å². The van der Waals surface area contributed by atoms with Crippen LogP contribution in [0, 0.1) is 13.8 Å². The van der Waals surface area contributed by atoms with Gasteiger partial charge in [-0.05, 0) is 32.9 Å². The predicted molar refractivity (Wildman–Crippen MR) is 111 cm³/mol. The summed E-state index contributed by atoms with van der Waals surface area (Å²) >= 11 is 0. The molecule has 2 heterocycles. The summed E-state index contributed by atoms with van der Waals surface area (Å²) in [5.74, 6) is 0. The van der Waals surface area contributed by atoms with E-state index >= 15 is 0 Å². The molecule has 176 valence electrons. The Bertz CT molecular complexity index is 1100. The lowest BCUT2D eigenvalue weighted by molar-refractivity contribution is -0.250. The highest BCUT2D eigenvalue weighted by molar-refractivity contribution is 7.86. The van der Waals surface area contributed by atoms with Gasteiger partial charge >= 0.3 is 6.01 Å². The largest absolute Gasteiger partial charge is 0.465 e. The summed E-state index contributed by atoms with van der Waals surface area (Å²) in [4.78, 5) is 15.6. The van der Waals surface area contributed by atoms with Crippen molar-refractivity contribution in [3.05, 3.63) is 51.9 Å². The molecule has 1 saturated heterocycles. The Balaban J connectivity index is 1.85. The number of aliphatic hydroxyl groups is 3. The first-order valence-electron chi connectivity index (χ1n) is 9.93. The number of hydrogen-bond acceptors (Lipinski definition) is 10. The van der Waals surface area contributed by atoms with Crippen molar-refractivity contribution in [3.63, 3.8) is 0 Å². The molecule has 1 aromatic heterocycles. The zero-order chi connectivity index (χ0) is 23.6. The van der Waals surface area contributed by atoms with Crippen LogP contribution in [0.3, 0.4) is 0 Å². The highest BCUT2D eigenvalue weighted by Crippen LogP contribution is 2.31. The Morgan fingerprint density at radius 2 is 1.75 bits per heavy atom. The number of nitrogens with zero attached hydrogens (tertiary/aromatic N) is 2. The molecule has 0 unspecified atom stereocenters. The maximum atomic E-state index is 12.5. The first-order valence-corrected chi connectivity index (χ1v) is 11.3. The van der Waals surface area contributed by atoms with Gasteiger partial charge in [-0.25, -0.2) is 0 Å². The molecule has 0 spiro atoms. The van der Waals surface area contributed by atoms with E-state index in [4.69, 9.17) is 13.7 Å². The monoisotopic (exact) mass is 470 g/mol. The normalized spacial score (nSPS) is 26.1. The average molecular weight is 471 g/mol. The lowest BCUT2D eigenvalue weighted by atomic mass is 9.98. The molecule has 0 amide bonds. The molecule has 1 fully saturated rings. The maximum absolute atomic E-state index is 12.5. The van der Waals surface area contributed by atoms with Gasteiger partial charge in [-0.2, -0.15) is 13.4 Å². The maximum Gasteiger partial charge on any atom is 0.301 e. The second kappa shape index (κ2) is 9.65. The molecule has 0 aliphatic carbocycles. The first-order chi connectivity index (χ1) is 15.0. The highest BCUT2D eigenvalue weighted by Gasteiger charge is 2.45. The Morgan fingerprint density at radius 1 is 1.09 bits per heavy atom. The number of aliphatic hydroxyl groups excluding tert-OH is 3. The van der Waals surface area contributed by atoms with Crippen molar-refractivity contribution in [2.45, 2.75) is 56.3 Å². The average Bonchev–Trinajstić information content (AvgIpc) is 2.75. The minimum atomic E-state index is -4.16. The van der Waals surface area contributed by atoms with E-state index in [1.54, 1.807) is 26.0 Å². The molecular weight excluding hydrogens is 444 g/mol. The van der Waals surface area contributed by atoms with E-state index in [2.05, 4.69) is 4.98 Å². The molecule has 11 nitrogen and oxygen atoms in total. The summed E-state index contributed by atoms with van der Waals surface area (Å²) in [5, 5.41) is 31.2. The number of rotatable bonds is 7. The summed E-state index contributed by atoms with van der Waals surface area (Å²) in [7, 11) is -4.16. The molecule has 1 aromatic carbocycles. The minimum absolute atomic E-state index is 0.0793. The van der Waals surface area contributed by atoms with Crippen molar-refractivity contribution >= 4 is 10.1 Å².